The average molecular weight is 1890 g/mol. The summed E-state index contributed by atoms with van der Waals surface area (Å²) in [5, 5.41) is 19.9. The molecule has 0 aliphatic rings. The van der Waals surface area contributed by atoms with Gasteiger partial charge in [-0.3, -0.25) is 67.1 Å². The van der Waals surface area contributed by atoms with E-state index in [4.69, 9.17) is 60.8 Å². The van der Waals surface area contributed by atoms with Crippen LogP contribution in [0, 0.1) is 23.7 Å². The molecule has 0 aromatic heterocycles. The molecule has 8 rings (SSSR count). The molecule has 0 saturated carbocycles. The molecular formula is C104H129N11O22. The molecule has 0 bridgehead atoms. The highest BCUT2D eigenvalue weighted by molar-refractivity contribution is 6.01. The van der Waals surface area contributed by atoms with Gasteiger partial charge in [0.15, 0.2) is 0 Å². The van der Waals surface area contributed by atoms with Crippen LogP contribution in [0.2, 0.25) is 0 Å². The first-order valence-electron chi connectivity index (χ1n) is 46.6. The molecule has 10 atom stereocenters. The number of carbonyl (C=O) groups is 14. The van der Waals surface area contributed by atoms with E-state index in [0.29, 0.717) is 22.3 Å². The summed E-state index contributed by atoms with van der Waals surface area (Å²) >= 11 is 0. The lowest BCUT2D eigenvalue weighted by molar-refractivity contribution is -0.156. The topological polar surface area (TPSA) is 501 Å². The highest BCUT2D eigenvalue weighted by Gasteiger charge is 2.36. The van der Waals surface area contributed by atoms with Crippen molar-refractivity contribution in [3.05, 3.63) is 287 Å². The third kappa shape index (κ3) is 42.3. The lowest BCUT2D eigenvalue weighted by Gasteiger charge is -2.23. The number of nitrogens with two attached hydrogens (primary N) is 4. The van der Waals surface area contributed by atoms with Gasteiger partial charge in [-0.25, -0.2) is 0 Å². The second-order valence-corrected chi connectivity index (χ2v) is 33.1. The van der Waals surface area contributed by atoms with Crippen molar-refractivity contribution in [3.8, 4) is 0 Å². The Hall–Kier alpha value is -13.9. The summed E-state index contributed by atoms with van der Waals surface area (Å²) < 4.78 is 44.5. The highest BCUT2D eigenvalue weighted by Crippen LogP contribution is 2.23. The van der Waals surface area contributed by atoms with E-state index < -0.39 is 143 Å². The molecular weight excluding hydrogens is 1760 g/mol. The van der Waals surface area contributed by atoms with Crippen LogP contribution >= 0.6 is 0 Å². The van der Waals surface area contributed by atoms with Gasteiger partial charge < -0.3 is 98.0 Å². The Morgan fingerprint density at radius 3 is 0.599 bits per heavy atom. The molecule has 0 aliphatic carbocycles. The summed E-state index contributed by atoms with van der Waals surface area (Å²) in [5.74, 6) is -16.3. The Balaban J connectivity index is 0.932. The van der Waals surface area contributed by atoms with Crippen molar-refractivity contribution in [3.63, 3.8) is 0 Å². The molecule has 0 radical (unpaired) electrons. The smallest absolute Gasteiger partial charge is 0.323 e. The van der Waals surface area contributed by atoms with Gasteiger partial charge in [-0.1, -0.05) is 243 Å². The molecule has 0 fully saturated rings. The number of rotatable bonds is 64. The summed E-state index contributed by atoms with van der Waals surface area (Å²) in [6.45, 7) is -0.732. The Morgan fingerprint density at radius 1 is 0.197 bits per heavy atom. The minimum absolute atomic E-state index is 0.00160. The lowest BCUT2D eigenvalue weighted by atomic mass is 9.98. The van der Waals surface area contributed by atoms with E-state index in [1.54, 1.807) is 218 Å². The highest BCUT2D eigenvalue weighted by atomic mass is 16.6. The minimum atomic E-state index is -1.52. The van der Waals surface area contributed by atoms with E-state index in [-0.39, 0.29) is 208 Å². The number of hydrogen-bond donors (Lipinski definition) is 11. The van der Waals surface area contributed by atoms with Crippen LogP contribution in [0.5, 0.6) is 0 Å². The van der Waals surface area contributed by atoms with Gasteiger partial charge in [0.25, 0.3) is 0 Å². The molecule has 6 amide bonds. The molecule has 33 heteroatoms. The Kier molecular flexibility index (Phi) is 49.6. The predicted octanol–water partition coefficient (Wildman–Crippen LogP) is 8.75. The monoisotopic (exact) mass is 1880 g/mol. The Labute approximate surface area is 799 Å². The number of benzene rings is 8. The first-order chi connectivity index (χ1) is 66.5. The van der Waals surface area contributed by atoms with E-state index in [1.807, 2.05) is 24.3 Å². The fourth-order valence-corrected chi connectivity index (χ4v) is 14.3. The van der Waals surface area contributed by atoms with Gasteiger partial charge in [0.05, 0.1) is 0 Å². The summed E-state index contributed by atoms with van der Waals surface area (Å²) in [4.78, 5) is 194. The van der Waals surface area contributed by atoms with Crippen molar-refractivity contribution >= 4 is 83.2 Å². The van der Waals surface area contributed by atoms with Crippen molar-refractivity contribution in [2.75, 3.05) is 39.3 Å². The number of amides is 6. The maximum Gasteiger partial charge on any atom is 0.323 e. The normalized spacial score (nSPS) is 13.2. The van der Waals surface area contributed by atoms with Crippen LogP contribution in [0.1, 0.15) is 160 Å². The SMILES string of the molecule is NC(CCCC(C(=O)NCCCCC(NC(=O)C(CCCC(N)C(=O)OCc1ccccc1)C(=O)OCc1ccccc1)C(=O)NCCNCCNC(=O)C(CCCCNC(=O)C(CCCC(N)C(=O)OCc1ccccc1)C(=O)OCc1ccccc1)NC(=O)C(CCCC(N)C(=O)OCc1ccccc1)C(=O)OCc1ccccc1)C(=O)OCc1ccccc1)C(=O)OCc1ccccc1. The Bertz CT molecular complexity index is 4700. The van der Waals surface area contributed by atoms with Gasteiger partial charge in [-0.15, -0.1) is 0 Å². The van der Waals surface area contributed by atoms with Crippen molar-refractivity contribution in [1.82, 2.24) is 37.2 Å². The lowest BCUT2D eigenvalue weighted by Crippen LogP contribution is -2.51. The van der Waals surface area contributed by atoms with Crippen LogP contribution in [0.15, 0.2) is 243 Å². The van der Waals surface area contributed by atoms with E-state index >= 15 is 0 Å². The molecule has 0 heterocycles. The predicted molar refractivity (Wildman–Crippen MR) is 508 cm³/mol. The van der Waals surface area contributed by atoms with Gasteiger partial charge in [0.1, 0.15) is 113 Å². The van der Waals surface area contributed by atoms with Crippen molar-refractivity contribution in [2.24, 2.45) is 46.6 Å². The fraction of sp³-hybridized carbons (Fsp3) is 0.404. The van der Waals surface area contributed by atoms with E-state index in [1.165, 1.54) is 0 Å². The standard InChI is InChI=1S/C104H129N11O22/c105-85(101(126)134-69-77-41-17-5-18-42-77)53-29-49-81(97(122)130-65-73-33-9-1-10-34-73)91(116)110-59-27-25-57-89(114-93(118)83(99(124)132-67-75-37-13-3-14-38-75)51-31-55-87(107)103(128)136-71-79-45-21-7-22-46-79)95(120)112-63-61-109-62-64-113-96(121)90(115-94(119)84(100(125)133-68-76-39-15-4-16-40-76)52-32-56-88(108)104(129)137-72-80-47-23-8-24-48-80)58-26-28-60-111-92(117)82(98(123)131-66-74-35-11-2-12-36-74)50-30-54-86(106)102(127)135-70-78-43-19-6-20-44-78/h1-24,33-48,81-90,109H,25-32,49-72,105-108H2,(H,110,116)(H,111,117)(H,112,120)(H,113,121)(H,114,118)(H,115,119). The van der Waals surface area contributed by atoms with Crippen LogP contribution in [-0.2, 0) is 158 Å². The molecule has 33 nitrogen and oxygen atoms in total. The molecule has 0 aliphatic heterocycles. The largest absolute Gasteiger partial charge is 0.460 e. The van der Waals surface area contributed by atoms with Gasteiger partial charge in [-0.05, 0) is 160 Å². The van der Waals surface area contributed by atoms with Gasteiger partial charge in [-0.2, -0.15) is 0 Å². The van der Waals surface area contributed by atoms with E-state index in [0.717, 1.165) is 22.3 Å². The summed E-state index contributed by atoms with van der Waals surface area (Å²) in [5.41, 5.74) is 30.7. The van der Waals surface area contributed by atoms with Crippen molar-refractivity contribution in [2.45, 2.75) is 205 Å². The molecule has 8 aromatic carbocycles. The van der Waals surface area contributed by atoms with E-state index in [9.17, 15) is 67.1 Å². The second-order valence-electron chi connectivity index (χ2n) is 33.1. The molecule has 15 N–H and O–H groups in total. The fourth-order valence-electron chi connectivity index (χ4n) is 14.3. The molecule has 0 saturated heterocycles. The number of nitrogens with one attached hydrogen (secondary N) is 7. The summed E-state index contributed by atoms with van der Waals surface area (Å²) in [7, 11) is 0. The van der Waals surface area contributed by atoms with Gasteiger partial charge >= 0.3 is 47.8 Å². The van der Waals surface area contributed by atoms with Crippen LogP contribution in [0.3, 0.4) is 0 Å². The quantitative estimate of drug-likeness (QED) is 0.00734. The Morgan fingerprint density at radius 2 is 0.387 bits per heavy atom. The molecule has 0 spiro atoms. The van der Waals surface area contributed by atoms with Crippen LogP contribution < -0.4 is 60.2 Å². The summed E-state index contributed by atoms with van der Waals surface area (Å²) in [6.07, 6.45) is 0.820. The van der Waals surface area contributed by atoms with Crippen molar-refractivity contribution < 1.29 is 105 Å². The number of carbonyl (C=O) groups excluding carboxylic acids is 14. The number of hydrogen-bond acceptors (Lipinski definition) is 27. The third-order valence-corrected chi connectivity index (χ3v) is 22.3. The second kappa shape index (κ2) is 62.7. The first kappa shape index (κ1) is 108. The zero-order chi connectivity index (χ0) is 98.0. The number of ether oxygens (including phenoxy) is 8. The number of unbranched alkanes of at least 4 members (excludes halogenated alkanes) is 2. The average Bonchev–Trinajstić information content (AvgIpc) is 0.831. The van der Waals surface area contributed by atoms with E-state index in [2.05, 4.69) is 37.2 Å². The molecule has 732 valence electrons. The molecule has 10 unspecified atom stereocenters. The van der Waals surface area contributed by atoms with Gasteiger partial charge in [0.2, 0.25) is 35.4 Å². The van der Waals surface area contributed by atoms with Gasteiger partial charge in [0, 0.05) is 39.3 Å². The third-order valence-electron chi connectivity index (χ3n) is 22.3. The van der Waals surface area contributed by atoms with Crippen LogP contribution in [0.4, 0.5) is 0 Å². The zero-order valence-corrected chi connectivity index (χ0v) is 77.3. The minimum Gasteiger partial charge on any atom is -0.460 e. The van der Waals surface area contributed by atoms with Crippen LogP contribution in [-0.4, -0.2) is 159 Å². The maximum absolute atomic E-state index is 14.7. The van der Waals surface area contributed by atoms with Crippen LogP contribution in [0.25, 0.3) is 0 Å². The molecule has 8 aromatic rings. The molecule has 137 heavy (non-hydrogen) atoms. The first-order valence-corrected chi connectivity index (χ1v) is 46.6. The maximum atomic E-state index is 14.7. The number of esters is 8. The zero-order valence-electron chi connectivity index (χ0n) is 77.3. The van der Waals surface area contributed by atoms with Crippen molar-refractivity contribution in [1.29, 1.82) is 0 Å². The summed E-state index contributed by atoms with van der Waals surface area (Å²) in [6, 6.07) is 64.2.